The molecule has 1 amide bonds. The predicted octanol–water partition coefficient (Wildman–Crippen LogP) is 1.88. The molecule has 2 aliphatic rings. The standard InChI is InChI=1S/C19H26N4O2/c24-18(6-5-14-7-10-20-13-14)22-11-8-15(9-12-22)23-17-4-2-1-3-16(17)21-19(23)25/h1-4,14-15,20H,5-13H2,(H,21,25). The van der Waals surface area contributed by atoms with Gasteiger partial charge in [-0.15, -0.1) is 0 Å². The molecule has 25 heavy (non-hydrogen) atoms. The minimum atomic E-state index is -0.0419. The Morgan fingerprint density at radius 1 is 1.16 bits per heavy atom. The molecular formula is C19H26N4O2. The number of aromatic amines is 1. The third-order valence-corrected chi connectivity index (χ3v) is 5.74. The van der Waals surface area contributed by atoms with Gasteiger partial charge >= 0.3 is 5.69 Å². The van der Waals surface area contributed by atoms with Crippen molar-refractivity contribution in [2.24, 2.45) is 5.92 Å². The van der Waals surface area contributed by atoms with Gasteiger partial charge in [-0.2, -0.15) is 0 Å². The van der Waals surface area contributed by atoms with Crippen molar-refractivity contribution in [2.45, 2.75) is 38.1 Å². The number of para-hydroxylation sites is 2. The number of rotatable bonds is 4. The summed E-state index contributed by atoms with van der Waals surface area (Å²) in [6.45, 7) is 3.64. The third-order valence-electron chi connectivity index (χ3n) is 5.74. The zero-order valence-corrected chi connectivity index (χ0v) is 14.5. The summed E-state index contributed by atoms with van der Waals surface area (Å²) in [5, 5.41) is 3.36. The molecular weight excluding hydrogens is 316 g/mol. The molecule has 1 atom stereocenters. The molecule has 2 aromatic rings. The summed E-state index contributed by atoms with van der Waals surface area (Å²) in [5.74, 6) is 0.933. The maximum Gasteiger partial charge on any atom is 0.326 e. The summed E-state index contributed by atoms with van der Waals surface area (Å²) < 4.78 is 1.88. The lowest BCUT2D eigenvalue weighted by atomic mass is 10.0. The van der Waals surface area contributed by atoms with Crippen LogP contribution in [0.5, 0.6) is 0 Å². The lowest BCUT2D eigenvalue weighted by Gasteiger charge is -2.32. The highest BCUT2D eigenvalue weighted by molar-refractivity contribution is 5.76. The van der Waals surface area contributed by atoms with Crippen LogP contribution in [0.3, 0.4) is 0 Å². The zero-order valence-electron chi connectivity index (χ0n) is 14.5. The van der Waals surface area contributed by atoms with Crippen molar-refractivity contribution in [1.82, 2.24) is 19.8 Å². The molecule has 1 aromatic carbocycles. The molecule has 6 nitrogen and oxygen atoms in total. The molecule has 0 spiro atoms. The van der Waals surface area contributed by atoms with Crippen LogP contribution < -0.4 is 11.0 Å². The number of H-pyrrole nitrogens is 1. The van der Waals surface area contributed by atoms with Crippen LogP contribution in [0.2, 0.25) is 0 Å². The van der Waals surface area contributed by atoms with Crippen molar-refractivity contribution in [1.29, 1.82) is 0 Å². The molecule has 2 N–H and O–H groups in total. The maximum absolute atomic E-state index is 12.5. The van der Waals surface area contributed by atoms with Crippen LogP contribution in [-0.2, 0) is 4.79 Å². The Hall–Kier alpha value is -2.08. The van der Waals surface area contributed by atoms with Gasteiger partial charge in [0.15, 0.2) is 0 Å². The van der Waals surface area contributed by atoms with E-state index in [1.807, 2.05) is 33.7 Å². The Labute approximate surface area is 147 Å². The number of amides is 1. The van der Waals surface area contributed by atoms with Crippen LogP contribution in [0.25, 0.3) is 11.0 Å². The normalized spacial score (nSPS) is 21.9. The monoisotopic (exact) mass is 342 g/mol. The Bertz CT molecular complexity index is 795. The molecule has 2 aliphatic heterocycles. The molecule has 4 rings (SSSR count). The number of nitrogens with zero attached hydrogens (tertiary/aromatic N) is 2. The highest BCUT2D eigenvalue weighted by Crippen LogP contribution is 2.25. The number of fused-ring (bicyclic) bond motifs is 1. The number of imidazole rings is 1. The molecule has 0 aliphatic carbocycles. The fourth-order valence-electron chi connectivity index (χ4n) is 4.26. The second-order valence-electron chi connectivity index (χ2n) is 7.33. The zero-order chi connectivity index (χ0) is 17.2. The molecule has 1 unspecified atom stereocenters. The van der Waals surface area contributed by atoms with E-state index in [1.54, 1.807) is 0 Å². The van der Waals surface area contributed by atoms with Crippen LogP contribution in [0, 0.1) is 5.92 Å². The summed E-state index contributed by atoms with van der Waals surface area (Å²) in [7, 11) is 0. The van der Waals surface area contributed by atoms with Gasteiger partial charge in [0.25, 0.3) is 0 Å². The molecule has 0 saturated carbocycles. The van der Waals surface area contributed by atoms with Crippen LogP contribution in [0.15, 0.2) is 29.1 Å². The minimum Gasteiger partial charge on any atom is -0.343 e. The topological polar surface area (TPSA) is 70.1 Å². The van der Waals surface area contributed by atoms with Crippen molar-refractivity contribution in [2.75, 3.05) is 26.2 Å². The van der Waals surface area contributed by atoms with Gasteiger partial charge in [-0.1, -0.05) is 12.1 Å². The average Bonchev–Trinajstić information content (AvgIpc) is 3.26. The second-order valence-corrected chi connectivity index (χ2v) is 7.33. The largest absolute Gasteiger partial charge is 0.343 e. The number of carbonyl (C=O) groups is 1. The number of aromatic nitrogens is 2. The van der Waals surface area contributed by atoms with Crippen LogP contribution in [0.4, 0.5) is 0 Å². The Morgan fingerprint density at radius 3 is 2.72 bits per heavy atom. The van der Waals surface area contributed by atoms with Crippen molar-refractivity contribution in [3.05, 3.63) is 34.7 Å². The van der Waals surface area contributed by atoms with E-state index in [2.05, 4.69) is 10.3 Å². The maximum atomic E-state index is 12.5. The molecule has 2 saturated heterocycles. The van der Waals surface area contributed by atoms with Gasteiger partial charge in [0.2, 0.25) is 5.91 Å². The van der Waals surface area contributed by atoms with Gasteiger partial charge in [0, 0.05) is 25.6 Å². The number of carbonyl (C=O) groups excluding carboxylic acids is 1. The Balaban J connectivity index is 1.37. The first-order valence-electron chi connectivity index (χ1n) is 9.40. The summed E-state index contributed by atoms with van der Waals surface area (Å²) in [6.07, 6.45) is 4.54. The average molecular weight is 342 g/mol. The van der Waals surface area contributed by atoms with Gasteiger partial charge in [-0.05, 0) is 56.8 Å². The van der Waals surface area contributed by atoms with E-state index in [0.29, 0.717) is 12.3 Å². The van der Waals surface area contributed by atoms with Gasteiger partial charge < -0.3 is 15.2 Å². The molecule has 0 bridgehead atoms. The highest BCUT2D eigenvalue weighted by atomic mass is 16.2. The van der Waals surface area contributed by atoms with Crippen molar-refractivity contribution in [3.63, 3.8) is 0 Å². The third kappa shape index (κ3) is 3.35. The molecule has 0 radical (unpaired) electrons. The Kier molecular flexibility index (Phi) is 4.61. The quantitative estimate of drug-likeness (QED) is 0.891. The fraction of sp³-hybridized carbons (Fsp3) is 0.579. The number of hydrogen-bond acceptors (Lipinski definition) is 3. The van der Waals surface area contributed by atoms with Crippen molar-refractivity contribution < 1.29 is 4.79 Å². The summed E-state index contributed by atoms with van der Waals surface area (Å²) in [6, 6.07) is 7.99. The summed E-state index contributed by atoms with van der Waals surface area (Å²) >= 11 is 0. The molecule has 3 heterocycles. The molecule has 1 aromatic heterocycles. The van der Waals surface area contributed by atoms with Crippen LogP contribution in [0.1, 0.15) is 38.1 Å². The summed E-state index contributed by atoms with van der Waals surface area (Å²) in [4.78, 5) is 29.7. The first kappa shape index (κ1) is 16.4. The van der Waals surface area contributed by atoms with Crippen LogP contribution >= 0.6 is 0 Å². The minimum absolute atomic E-state index is 0.0419. The summed E-state index contributed by atoms with van der Waals surface area (Å²) in [5.41, 5.74) is 1.81. The second kappa shape index (κ2) is 7.04. The van der Waals surface area contributed by atoms with E-state index >= 15 is 0 Å². The van der Waals surface area contributed by atoms with E-state index in [-0.39, 0.29) is 17.6 Å². The molecule has 6 heteroatoms. The lowest BCUT2D eigenvalue weighted by Crippen LogP contribution is -2.40. The number of likely N-dealkylation sites (tertiary alicyclic amines) is 1. The van der Waals surface area contributed by atoms with E-state index in [9.17, 15) is 9.59 Å². The smallest absolute Gasteiger partial charge is 0.326 e. The number of piperidine rings is 1. The van der Waals surface area contributed by atoms with E-state index in [1.165, 1.54) is 6.42 Å². The van der Waals surface area contributed by atoms with E-state index in [4.69, 9.17) is 0 Å². The van der Waals surface area contributed by atoms with Gasteiger partial charge in [-0.3, -0.25) is 9.36 Å². The van der Waals surface area contributed by atoms with Gasteiger partial charge in [-0.25, -0.2) is 4.79 Å². The first-order valence-corrected chi connectivity index (χ1v) is 9.40. The number of nitrogens with one attached hydrogen (secondary N) is 2. The Morgan fingerprint density at radius 2 is 1.96 bits per heavy atom. The van der Waals surface area contributed by atoms with Gasteiger partial charge in [0.05, 0.1) is 11.0 Å². The lowest BCUT2D eigenvalue weighted by molar-refractivity contribution is -0.132. The first-order chi connectivity index (χ1) is 12.2. The fourth-order valence-corrected chi connectivity index (χ4v) is 4.26. The van der Waals surface area contributed by atoms with Gasteiger partial charge in [0.1, 0.15) is 0 Å². The van der Waals surface area contributed by atoms with E-state index in [0.717, 1.165) is 56.5 Å². The predicted molar refractivity (Wildman–Crippen MR) is 97.6 cm³/mol. The molecule has 134 valence electrons. The number of benzene rings is 1. The highest BCUT2D eigenvalue weighted by Gasteiger charge is 2.26. The van der Waals surface area contributed by atoms with Crippen molar-refractivity contribution in [3.8, 4) is 0 Å². The van der Waals surface area contributed by atoms with Crippen molar-refractivity contribution >= 4 is 16.9 Å². The molecule has 2 fully saturated rings. The van der Waals surface area contributed by atoms with E-state index < -0.39 is 0 Å². The SMILES string of the molecule is O=C(CCC1CCNC1)N1CCC(n2c(=O)[nH]c3ccccc32)CC1. The van der Waals surface area contributed by atoms with Crippen LogP contribution in [-0.4, -0.2) is 46.5 Å². The number of hydrogen-bond donors (Lipinski definition) is 2.